The molecular formula is C69H122O6. The first-order valence-corrected chi connectivity index (χ1v) is 32.4. The molecule has 0 saturated carbocycles. The number of ether oxygens (including phenoxy) is 3. The Kier molecular flexibility index (Phi) is 60.7. The Morgan fingerprint density at radius 1 is 0.280 bits per heavy atom. The number of unbranched alkanes of at least 4 members (excludes halogenated alkanes) is 36. The zero-order valence-corrected chi connectivity index (χ0v) is 49.8. The molecule has 6 nitrogen and oxygen atoms in total. The number of hydrogen-bond acceptors (Lipinski definition) is 6. The highest BCUT2D eigenvalue weighted by atomic mass is 16.6. The summed E-state index contributed by atoms with van der Waals surface area (Å²) in [5, 5.41) is 0. The van der Waals surface area contributed by atoms with Crippen molar-refractivity contribution in [3.8, 4) is 0 Å². The minimum Gasteiger partial charge on any atom is -0.462 e. The number of allylic oxidation sites excluding steroid dienone is 12. The van der Waals surface area contributed by atoms with Crippen LogP contribution in [0.1, 0.15) is 329 Å². The van der Waals surface area contributed by atoms with Gasteiger partial charge in [-0.15, -0.1) is 0 Å². The van der Waals surface area contributed by atoms with Crippen LogP contribution < -0.4 is 0 Å². The Morgan fingerprint density at radius 3 is 0.813 bits per heavy atom. The van der Waals surface area contributed by atoms with Crippen molar-refractivity contribution >= 4 is 17.9 Å². The van der Waals surface area contributed by atoms with E-state index in [-0.39, 0.29) is 31.1 Å². The van der Waals surface area contributed by atoms with E-state index in [9.17, 15) is 14.4 Å². The Hall–Kier alpha value is -3.15. The first-order valence-electron chi connectivity index (χ1n) is 32.4. The highest BCUT2D eigenvalue weighted by Crippen LogP contribution is 2.17. The maximum atomic E-state index is 12.9. The fraction of sp³-hybridized carbons (Fsp3) is 0.783. The maximum Gasteiger partial charge on any atom is 0.306 e. The number of hydrogen-bond donors (Lipinski definition) is 0. The van der Waals surface area contributed by atoms with Crippen molar-refractivity contribution in [3.63, 3.8) is 0 Å². The molecule has 1 atom stereocenters. The molecule has 0 aromatic carbocycles. The molecule has 0 aliphatic rings. The van der Waals surface area contributed by atoms with Gasteiger partial charge in [0.05, 0.1) is 0 Å². The van der Waals surface area contributed by atoms with Crippen molar-refractivity contribution in [2.24, 2.45) is 0 Å². The maximum absolute atomic E-state index is 12.9. The predicted molar refractivity (Wildman–Crippen MR) is 325 cm³/mol. The second kappa shape index (κ2) is 63.4. The summed E-state index contributed by atoms with van der Waals surface area (Å²) in [5.74, 6) is -0.868. The lowest BCUT2D eigenvalue weighted by atomic mass is 10.0. The van der Waals surface area contributed by atoms with Gasteiger partial charge in [0.25, 0.3) is 0 Å². The van der Waals surface area contributed by atoms with Crippen molar-refractivity contribution in [1.82, 2.24) is 0 Å². The molecule has 0 rings (SSSR count). The van der Waals surface area contributed by atoms with Crippen LogP contribution in [0.25, 0.3) is 0 Å². The standard InChI is InChI=1S/C69H122O6/c1-4-7-10-13-16-19-22-25-28-31-34-37-40-43-46-49-52-55-58-61-67(70)73-64-66(75-69(72)63-60-57-54-51-48-45-42-39-36-33-30-27-24-21-18-15-12-9-6-3)65-74-68(71)62-59-56-53-50-47-44-41-38-35-32-29-26-23-20-17-14-11-8-5-2/h7,9-10,12,16,18-19,21,25,27-28,30,66H,4-6,8,11,13-15,17,20,22-24,26,29,31-65H2,1-3H3/b10-7-,12-9-,19-16-,21-18-,28-25-,30-27-. The summed E-state index contributed by atoms with van der Waals surface area (Å²) in [4.78, 5) is 38.4. The fourth-order valence-electron chi connectivity index (χ4n) is 9.42. The Morgan fingerprint density at radius 2 is 0.520 bits per heavy atom. The van der Waals surface area contributed by atoms with Crippen LogP contribution in [0.2, 0.25) is 0 Å². The quantitative estimate of drug-likeness (QED) is 0.0261. The zero-order valence-electron chi connectivity index (χ0n) is 49.8. The van der Waals surface area contributed by atoms with E-state index >= 15 is 0 Å². The summed E-state index contributed by atoms with van der Waals surface area (Å²) in [5.41, 5.74) is 0. The average Bonchev–Trinajstić information content (AvgIpc) is 3.41. The minimum atomic E-state index is -0.781. The molecule has 6 heteroatoms. The third-order valence-electron chi connectivity index (χ3n) is 14.2. The molecule has 0 aromatic heterocycles. The van der Waals surface area contributed by atoms with E-state index in [1.807, 2.05) is 0 Å². The molecule has 0 aliphatic heterocycles. The van der Waals surface area contributed by atoms with Crippen LogP contribution in [0.4, 0.5) is 0 Å². The largest absolute Gasteiger partial charge is 0.462 e. The Labute approximate surface area is 465 Å². The monoisotopic (exact) mass is 1050 g/mol. The number of carbonyl (C=O) groups is 3. The lowest BCUT2D eigenvalue weighted by Gasteiger charge is -2.18. The van der Waals surface area contributed by atoms with E-state index in [4.69, 9.17) is 14.2 Å². The van der Waals surface area contributed by atoms with Gasteiger partial charge in [-0.05, 0) is 83.5 Å². The highest BCUT2D eigenvalue weighted by Gasteiger charge is 2.19. The molecule has 434 valence electrons. The van der Waals surface area contributed by atoms with E-state index in [1.54, 1.807) is 0 Å². The van der Waals surface area contributed by atoms with Gasteiger partial charge in [0.15, 0.2) is 6.10 Å². The summed E-state index contributed by atoms with van der Waals surface area (Å²) in [7, 11) is 0. The van der Waals surface area contributed by atoms with Crippen LogP contribution in [0.15, 0.2) is 72.9 Å². The molecular weight excluding hydrogens is 925 g/mol. The third kappa shape index (κ3) is 61.6. The topological polar surface area (TPSA) is 78.9 Å². The molecule has 0 N–H and O–H groups in total. The second-order valence-electron chi connectivity index (χ2n) is 21.6. The predicted octanol–water partition coefficient (Wildman–Crippen LogP) is 22.1. The number of rotatable bonds is 59. The van der Waals surface area contributed by atoms with Crippen LogP contribution in [-0.4, -0.2) is 37.2 Å². The van der Waals surface area contributed by atoms with E-state index in [1.165, 1.54) is 193 Å². The van der Waals surface area contributed by atoms with Gasteiger partial charge in [-0.2, -0.15) is 0 Å². The first-order chi connectivity index (χ1) is 37.0. The van der Waals surface area contributed by atoms with Gasteiger partial charge < -0.3 is 14.2 Å². The highest BCUT2D eigenvalue weighted by molar-refractivity contribution is 5.71. The lowest BCUT2D eigenvalue weighted by Crippen LogP contribution is -2.30. The van der Waals surface area contributed by atoms with Gasteiger partial charge in [-0.1, -0.05) is 299 Å². The van der Waals surface area contributed by atoms with Gasteiger partial charge in [-0.25, -0.2) is 0 Å². The van der Waals surface area contributed by atoms with Crippen molar-refractivity contribution in [2.45, 2.75) is 335 Å². The molecule has 0 aliphatic carbocycles. The molecule has 0 saturated heterocycles. The van der Waals surface area contributed by atoms with Gasteiger partial charge in [0.1, 0.15) is 13.2 Å². The molecule has 0 aromatic rings. The normalized spacial score (nSPS) is 12.5. The van der Waals surface area contributed by atoms with Crippen molar-refractivity contribution in [1.29, 1.82) is 0 Å². The summed E-state index contributed by atoms with van der Waals surface area (Å²) in [6, 6.07) is 0. The summed E-state index contributed by atoms with van der Waals surface area (Å²) in [6.07, 6.45) is 81.9. The van der Waals surface area contributed by atoms with E-state index in [2.05, 4.69) is 93.7 Å². The van der Waals surface area contributed by atoms with E-state index < -0.39 is 6.10 Å². The van der Waals surface area contributed by atoms with E-state index in [0.717, 1.165) is 96.3 Å². The molecule has 0 bridgehead atoms. The fourth-order valence-corrected chi connectivity index (χ4v) is 9.42. The number of esters is 3. The van der Waals surface area contributed by atoms with Crippen LogP contribution in [0.3, 0.4) is 0 Å². The van der Waals surface area contributed by atoms with Gasteiger partial charge >= 0.3 is 17.9 Å². The van der Waals surface area contributed by atoms with Crippen LogP contribution in [0, 0.1) is 0 Å². The van der Waals surface area contributed by atoms with Crippen LogP contribution in [-0.2, 0) is 28.6 Å². The summed E-state index contributed by atoms with van der Waals surface area (Å²) in [6.45, 7) is 6.46. The molecule has 0 radical (unpaired) electrons. The molecule has 0 spiro atoms. The van der Waals surface area contributed by atoms with Gasteiger partial charge in [0.2, 0.25) is 0 Å². The molecule has 0 amide bonds. The second-order valence-corrected chi connectivity index (χ2v) is 21.6. The summed E-state index contributed by atoms with van der Waals surface area (Å²) < 4.78 is 17.0. The molecule has 75 heavy (non-hydrogen) atoms. The lowest BCUT2D eigenvalue weighted by molar-refractivity contribution is -0.167. The number of carbonyl (C=O) groups excluding carboxylic acids is 3. The third-order valence-corrected chi connectivity index (χ3v) is 14.2. The van der Waals surface area contributed by atoms with Gasteiger partial charge in [-0.3, -0.25) is 14.4 Å². The van der Waals surface area contributed by atoms with Crippen LogP contribution >= 0.6 is 0 Å². The van der Waals surface area contributed by atoms with Crippen molar-refractivity contribution in [3.05, 3.63) is 72.9 Å². The van der Waals surface area contributed by atoms with Crippen LogP contribution in [0.5, 0.6) is 0 Å². The minimum absolute atomic E-state index is 0.0759. The van der Waals surface area contributed by atoms with Crippen molar-refractivity contribution < 1.29 is 28.6 Å². The van der Waals surface area contributed by atoms with Crippen molar-refractivity contribution in [2.75, 3.05) is 13.2 Å². The smallest absolute Gasteiger partial charge is 0.306 e. The Balaban J connectivity index is 4.36. The zero-order chi connectivity index (χ0) is 54.3. The average molecular weight is 1050 g/mol. The molecule has 1 unspecified atom stereocenters. The summed E-state index contributed by atoms with van der Waals surface area (Å²) >= 11 is 0. The SMILES string of the molecule is CC/C=C\C/C=C\C/C=C\CCCCCCCCCCCC(=O)OCC(COC(=O)CCCCCCCCCCCCCCCCCCCCC)OC(=O)CCCCCCCCCCC/C=C\C/C=C\C/C=C\CC. The molecule has 0 heterocycles. The molecule has 0 fully saturated rings. The Bertz CT molecular complexity index is 1390. The first kappa shape index (κ1) is 71.8. The van der Waals surface area contributed by atoms with Gasteiger partial charge in [0, 0.05) is 19.3 Å². The van der Waals surface area contributed by atoms with E-state index in [0.29, 0.717) is 19.3 Å².